The van der Waals surface area contributed by atoms with Crippen LogP contribution in [0.25, 0.3) is 0 Å². The van der Waals surface area contributed by atoms with Crippen molar-refractivity contribution in [3.8, 4) is 0 Å². The zero-order valence-electron chi connectivity index (χ0n) is 7.82. The van der Waals surface area contributed by atoms with Crippen molar-refractivity contribution in [3.05, 3.63) is 22.7 Å². The topological polar surface area (TPSA) is 38.2 Å². The van der Waals surface area contributed by atoms with Crippen molar-refractivity contribution in [2.24, 2.45) is 0 Å². The van der Waals surface area contributed by atoms with Gasteiger partial charge in [-0.2, -0.15) is 0 Å². The van der Waals surface area contributed by atoms with Crippen LogP contribution in [0.1, 0.15) is 5.69 Å². The summed E-state index contributed by atoms with van der Waals surface area (Å²) in [5.74, 6) is 0. The molecule has 0 radical (unpaired) electrons. The molecule has 76 valence electrons. The van der Waals surface area contributed by atoms with Gasteiger partial charge >= 0.3 is 0 Å². The number of aromatic nitrogens is 2. The number of hydrogen-bond donors (Lipinski definition) is 0. The predicted octanol–water partition coefficient (Wildman–Crippen LogP) is 1.07. The van der Waals surface area contributed by atoms with Gasteiger partial charge in [0, 0.05) is 19.6 Å². The minimum absolute atomic E-state index is 0.781. The van der Waals surface area contributed by atoms with Gasteiger partial charge in [-0.25, -0.2) is 4.98 Å². The van der Waals surface area contributed by atoms with Crippen molar-refractivity contribution in [1.29, 1.82) is 0 Å². The Bertz CT molecular complexity index is 285. The Morgan fingerprint density at radius 3 is 2.71 bits per heavy atom. The lowest BCUT2D eigenvalue weighted by Crippen LogP contribution is -2.35. The molecule has 5 heteroatoms. The summed E-state index contributed by atoms with van der Waals surface area (Å²) in [6.45, 7) is 4.48. The predicted molar refractivity (Wildman–Crippen MR) is 55.8 cm³/mol. The molecule has 1 aliphatic heterocycles. The molecule has 0 aromatic carbocycles. The molecule has 0 bridgehead atoms. The Kier molecular flexibility index (Phi) is 3.44. The largest absolute Gasteiger partial charge is 0.379 e. The molecular formula is C9H12BrN3O. The van der Waals surface area contributed by atoms with Crippen LogP contribution >= 0.6 is 15.9 Å². The van der Waals surface area contributed by atoms with Gasteiger partial charge in [0.2, 0.25) is 0 Å². The van der Waals surface area contributed by atoms with E-state index in [-0.39, 0.29) is 0 Å². The molecule has 0 amide bonds. The van der Waals surface area contributed by atoms with Crippen LogP contribution in [-0.4, -0.2) is 41.2 Å². The van der Waals surface area contributed by atoms with Crippen LogP contribution in [0.4, 0.5) is 0 Å². The minimum Gasteiger partial charge on any atom is -0.379 e. The lowest BCUT2D eigenvalue weighted by atomic mass is 10.3. The Morgan fingerprint density at radius 1 is 1.29 bits per heavy atom. The quantitative estimate of drug-likeness (QED) is 0.795. The maximum Gasteiger partial charge on any atom is 0.124 e. The molecule has 2 heterocycles. The SMILES string of the molecule is Brc1cnc(CN2CCOCC2)cn1. The van der Waals surface area contributed by atoms with E-state index in [4.69, 9.17) is 4.74 Å². The molecule has 0 atom stereocenters. The van der Waals surface area contributed by atoms with Crippen LogP contribution in [0.15, 0.2) is 17.0 Å². The van der Waals surface area contributed by atoms with E-state index in [0.29, 0.717) is 0 Å². The van der Waals surface area contributed by atoms with Gasteiger partial charge in [-0.1, -0.05) is 0 Å². The van der Waals surface area contributed by atoms with Crippen LogP contribution in [-0.2, 0) is 11.3 Å². The van der Waals surface area contributed by atoms with E-state index >= 15 is 0 Å². The second-order valence-corrected chi connectivity index (χ2v) is 4.03. The fraction of sp³-hybridized carbons (Fsp3) is 0.556. The van der Waals surface area contributed by atoms with Crippen LogP contribution in [0.5, 0.6) is 0 Å². The number of morpholine rings is 1. The number of nitrogens with zero attached hydrogens (tertiary/aromatic N) is 3. The van der Waals surface area contributed by atoms with Crippen molar-refractivity contribution in [3.63, 3.8) is 0 Å². The lowest BCUT2D eigenvalue weighted by Gasteiger charge is -2.25. The Morgan fingerprint density at radius 2 is 2.07 bits per heavy atom. The smallest absolute Gasteiger partial charge is 0.124 e. The molecule has 14 heavy (non-hydrogen) atoms. The second-order valence-electron chi connectivity index (χ2n) is 3.22. The summed E-state index contributed by atoms with van der Waals surface area (Å²) >= 11 is 3.26. The number of halogens is 1. The highest BCUT2D eigenvalue weighted by atomic mass is 79.9. The molecule has 0 unspecified atom stereocenters. The summed E-state index contributed by atoms with van der Waals surface area (Å²) in [5.41, 5.74) is 1.01. The first-order valence-corrected chi connectivity index (χ1v) is 5.40. The van der Waals surface area contributed by atoms with E-state index in [1.165, 1.54) is 0 Å². The van der Waals surface area contributed by atoms with Gasteiger partial charge in [0.25, 0.3) is 0 Å². The van der Waals surface area contributed by atoms with Crippen LogP contribution in [0.2, 0.25) is 0 Å². The summed E-state index contributed by atoms with van der Waals surface area (Å²) in [7, 11) is 0. The molecule has 0 aliphatic carbocycles. The summed E-state index contributed by atoms with van der Waals surface area (Å²) in [4.78, 5) is 10.7. The number of hydrogen-bond acceptors (Lipinski definition) is 4. The highest BCUT2D eigenvalue weighted by molar-refractivity contribution is 9.10. The second kappa shape index (κ2) is 4.82. The third kappa shape index (κ3) is 2.73. The number of ether oxygens (including phenoxy) is 1. The molecule has 1 fully saturated rings. The van der Waals surface area contributed by atoms with E-state index in [1.807, 2.05) is 0 Å². The van der Waals surface area contributed by atoms with Gasteiger partial charge in [0.1, 0.15) is 4.60 Å². The molecule has 0 spiro atoms. The molecule has 0 saturated carbocycles. The third-order valence-corrected chi connectivity index (χ3v) is 2.57. The van der Waals surface area contributed by atoms with E-state index in [2.05, 4.69) is 30.8 Å². The van der Waals surface area contributed by atoms with E-state index in [1.54, 1.807) is 12.4 Å². The lowest BCUT2D eigenvalue weighted by molar-refractivity contribution is 0.0336. The van der Waals surface area contributed by atoms with E-state index in [9.17, 15) is 0 Å². The molecule has 1 aromatic heterocycles. The Balaban J connectivity index is 1.92. The summed E-state index contributed by atoms with van der Waals surface area (Å²) in [6, 6.07) is 0. The Labute approximate surface area is 91.4 Å². The van der Waals surface area contributed by atoms with Crippen molar-refractivity contribution in [1.82, 2.24) is 14.9 Å². The molecule has 0 N–H and O–H groups in total. The normalized spacial score (nSPS) is 18.4. The highest BCUT2D eigenvalue weighted by Gasteiger charge is 2.11. The standard InChI is InChI=1S/C9H12BrN3O/c10-9-6-11-8(5-12-9)7-13-1-3-14-4-2-13/h5-6H,1-4,7H2. The maximum atomic E-state index is 5.27. The molecule has 1 aromatic rings. The van der Waals surface area contributed by atoms with Gasteiger partial charge in [-0.15, -0.1) is 0 Å². The highest BCUT2D eigenvalue weighted by Crippen LogP contribution is 2.06. The van der Waals surface area contributed by atoms with Crippen LogP contribution in [0.3, 0.4) is 0 Å². The third-order valence-electron chi connectivity index (χ3n) is 2.16. The fourth-order valence-corrected chi connectivity index (χ4v) is 1.61. The first-order chi connectivity index (χ1) is 6.84. The molecule has 4 nitrogen and oxygen atoms in total. The van der Waals surface area contributed by atoms with Gasteiger partial charge in [0.15, 0.2) is 0 Å². The summed E-state index contributed by atoms with van der Waals surface area (Å²) in [5, 5.41) is 0. The zero-order chi connectivity index (χ0) is 9.80. The molecular weight excluding hydrogens is 246 g/mol. The molecule has 1 aliphatic rings. The van der Waals surface area contributed by atoms with Gasteiger partial charge in [-0.3, -0.25) is 9.88 Å². The van der Waals surface area contributed by atoms with E-state index < -0.39 is 0 Å². The van der Waals surface area contributed by atoms with Crippen LogP contribution in [0, 0.1) is 0 Å². The van der Waals surface area contributed by atoms with Crippen LogP contribution < -0.4 is 0 Å². The summed E-state index contributed by atoms with van der Waals surface area (Å²) in [6.07, 6.45) is 3.54. The van der Waals surface area contributed by atoms with Gasteiger partial charge in [-0.05, 0) is 15.9 Å². The van der Waals surface area contributed by atoms with Crippen molar-refractivity contribution < 1.29 is 4.74 Å². The molecule has 2 rings (SSSR count). The average Bonchev–Trinajstić information content (AvgIpc) is 2.23. The molecule has 1 saturated heterocycles. The average molecular weight is 258 g/mol. The fourth-order valence-electron chi connectivity index (χ4n) is 1.41. The maximum absolute atomic E-state index is 5.27. The van der Waals surface area contributed by atoms with Crippen molar-refractivity contribution in [2.75, 3.05) is 26.3 Å². The Hall–Kier alpha value is -0.520. The van der Waals surface area contributed by atoms with Gasteiger partial charge in [0.05, 0.1) is 31.3 Å². The van der Waals surface area contributed by atoms with E-state index in [0.717, 1.165) is 43.1 Å². The van der Waals surface area contributed by atoms with Crippen molar-refractivity contribution >= 4 is 15.9 Å². The van der Waals surface area contributed by atoms with Gasteiger partial charge < -0.3 is 4.74 Å². The monoisotopic (exact) mass is 257 g/mol. The minimum atomic E-state index is 0.781. The first kappa shape index (κ1) is 10.0. The first-order valence-electron chi connectivity index (χ1n) is 4.61. The zero-order valence-corrected chi connectivity index (χ0v) is 9.40. The van der Waals surface area contributed by atoms with Crippen molar-refractivity contribution in [2.45, 2.75) is 6.54 Å². The summed E-state index contributed by atoms with van der Waals surface area (Å²) < 4.78 is 6.05. The number of rotatable bonds is 2.